The van der Waals surface area contributed by atoms with Crippen molar-refractivity contribution < 1.29 is 4.42 Å². The summed E-state index contributed by atoms with van der Waals surface area (Å²) in [7, 11) is 0. The average Bonchev–Trinajstić information content (AvgIpc) is 2.51. The van der Waals surface area contributed by atoms with Gasteiger partial charge in [-0.2, -0.15) is 0 Å². The SMILES string of the molecule is C=C1CCCN(Cc2nnc(C)o2)C1. The molecule has 1 aromatic heterocycles. The zero-order valence-electron chi connectivity index (χ0n) is 8.49. The van der Waals surface area contributed by atoms with Crippen LogP contribution >= 0.6 is 0 Å². The van der Waals surface area contributed by atoms with Gasteiger partial charge in [-0.05, 0) is 19.4 Å². The van der Waals surface area contributed by atoms with E-state index in [1.54, 1.807) is 0 Å². The molecule has 4 nitrogen and oxygen atoms in total. The lowest BCUT2D eigenvalue weighted by Gasteiger charge is -2.26. The minimum absolute atomic E-state index is 0.635. The molecule has 76 valence electrons. The number of rotatable bonds is 2. The third kappa shape index (κ3) is 2.20. The summed E-state index contributed by atoms with van der Waals surface area (Å²) >= 11 is 0. The molecule has 1 aliphatic rings. The Morgan fingerprint density at radius 3 is 3.00 bits per heavy atom. The number of likely N-dealkylation sites (tertiary alicyclic amines) is 1. The van der Waals surface area contributed by atoms with Gasteiger partial charge in [-0.3, -0.25) is 4.90 Å². The summed E-state index contributed by atoms with van der Waals surface area (Å²) in [6.45, 7) is 8.62. The summed E-state index contributed by atoms with van der Waals surface area (Å²) in [6.07, 6.45) is 2.34. The maximum absolute atomic E-state index is 5.33. The molecule has 4 heteroatoms. The van der Waals surface area contributed by atoms with Gasteiger partial charge in [-0.25, -0.2) is 0 Å². The summed E-state index contributed by atoms with van der Waals surface area (Å²) in [5.41, 5.74) is 1.30. The van der Waals surface area contributed by atoms with Gasteiger partial charge in [0.2, 0.25) is 11.8 Å². The molecule has 0 saturated carbocycles. The molecule has 0 bridgehead atoms. The normalized spacial score (nSPS) is 18.8. The minimum atomic E-state index is 0.635. The van der Waals surface area contributed by atoms with Crippen molar-refractivity contribution >= 4 is 0 Å². The summed E-state index contributed by atoms with van der Waals surface area (Å²) < 4.78 is 5.33. The number of hydrogen-bond donors (Lipinski definition) is 0. The Bertz CT molecular complexity index is 332. The Hall–Kier alpha value is -1.16. The molecule has 1 aromatic rings. The Labute approximate surface area is 83.6 Å². The van der Waals surface area contributed by atoms with Crippen LogP contribution in [0.5, 0.6) is 0 Å². The van der Waals surface area contributed by atoms with Gasteiger partial charge < -0.3 is 4.42 Å². The van der Waals surface area contributed by atoms with Crippen LogP contribution in [0.2, 0.25) is 0 Å². The predicted molar refractivity (Wildman–Crippen MR) is 52.7 cm³/mol. The van der Waals surface area contributed by atoms with Gasteiger partial charge >= 0.3 is 0 Å². The van der Waals surface area contributed by atoms with E-state index >= 15 is 0 Å². The summed E-state index contributed by atoms with van der Waals surface area (Å²) in [5, 5.41) is 7.78. The Morgan fingerprint density at radius 1 is 1.50 bits per heavy atom. The highest BCUT2D eigenvalue weighted by atomic mass is 16.4. The Balaban J connectivity index is 1.93. The molecule has 0 unspecified atom stereocenters. The fourth-order valence-corrected chi connectivity index (χ4v) is 1.75. The summed E-state index contributed by atoms with van der Waals surface area (Å²) in [5.74, 6) is 1.34. The van der Waals surface area contributed by atoms with Crippen molar-refractivity contribution in [1.29, 1.82) is 0 Å². The number of aromatic nitrogens is 2. The molecule has 1 aliphatic heterocycles. The monoisotopic (exact) mass is 193 g/mol. The molecule has 0 atom stereocenters. The quantitative estimate of drug-likeness (QED) is 0.668. The molecular formula is C10H15N3O. The minimum Gasteiger partial charge on any atom is -0.424 e. The van der Waals surface area contributed by atoms with Crippen molar-refractivity contribution in [2.45, 2.75) is 26.3 Å². The second-order valence-electron chi connectivity index (χ2n) is 3.78. The van der Waals surface area contributed by atoms with Crippen LogP contribution < -0.4 is 0 Å². The standard InChI is InChI=1S/C10H15N3O/c1-8-4-3-5-13(6-8)7-10-12-11-9(2)14-10/h1,3-7H2,2H3. The van der Waals surface area contributed by atoms with Crippen molar-refractivity contribution in [3.63, 3.8) is 0 Å². The predicted octanol–water partition coefficient (Wildman–Crippen LogP) is 1.53. The lowest BCUT2D eigenvalue weighted by atomic mass is 10.1. The lowest BCUT2D eigenvalue weighted by molar-refractivity contribution is 0.232. The van der Waals surface area contributed by atoms with Crippen LogP contribution in [0.1, 0.15) is 24.6 Å². The van der Waals surface area contributed by atoms with Gasteiger partial charge in [0.05, 0.1) is 6.54 Å². The molecule has 0 amide bonds. The second-order valence-corrected chi connectivity index (χ2v) is 3.78. The van der Waals surface area contributed by atoms with E-state index in [4.69, 9.17) is 4.42 Å². The molecule has 1 fully saturated rings. The van der Waals surface area contributed by atoms with Crippen molar-refractivity contribution in [3.8, 4) is 0 Å². The Kier molecular flexibility index (Phi) is 2.63. The van der Waals surface area contributed by atoms with Crippen LogP contribution in [0, 0.1) is 6.92 Å². The molecule has 1 saturated heterocycles. The van der Waals surface area contributed by atoms with Crippen molar-refractivity contribution in [1.82, 2.24) is 15.1 Å². The van der Waals surface area contributed by atoms with E-state index in [9.17, 15) is 0 Å². The summed E-state index contributed by atoms with van der Waals surface area (Å²) in [4.78, 5) is 2.29. The second kappa shape index (κ2) is 3.92. The van der Waals surface area contributed by atoms with Crippen LogP contribution in [0.3, 0.4) is 0 Å². The first-order valence-corrected chi connectivity index (χ1v) is 4.92. The van der Waals surface area contributed by atoms with Gasteiger partial charge in [-0.15, -0.1) is 10.2 Å². The summed E-state index contributed by atoms with van der Waals surface area (Å²) in [6, 6.07) is 0. The highest BCUT2D eigenvalue weighted by molar-refractivity contribution is 5.01. The van der Waals surface area contributed by atoms with E-state index in [0.717, 1.165) is 26.1 Å². The first-order chi connectivity index (χ1) is 6.74. The van der Waals surface area contributed by atoms with E-state index < -0.39 is 0 Å². The van der Waals surface area contributed by atoms with E-state index in [1.807, 2.05) is 6.92 Å². The van der Waals surface area contributed by atoms with Crippen LogP contribution in [-0.2, 0) is 6.54 Å². The van der Waals surface area contributed by atoms with Gasteiger partial charge in [0, 0.05) is 13.5 Å². The molecule has 2 rings (SSSR count). The first kappa shape index (κ1) is 9.40. The van der Waals surface area contributed by atoms with Crippen LogP contribution in [0.4, 0.5) is 0 Å². The third-order valence-electron chi connectivity index (χ3n) is 2.38. The number of piperidine rings is 1. The van der Waals surface area contributed by atoms with E-state index in [0.29, 0.717) is 11.8 Å². The van der Waals surface area contributed by atoms with E-state index in [2.05, 4.69) is 21.7 Å². The van der Waals surface area contributed by atoms with Gasteiger partial charge in [0.25, 0.3) is 0 Å². The number of hydrogen-bond acceptors (Lipinski definition) is 4. The zero-order valence-corrected chi connectivity index (χ0v) is 8.49. The van der Waals surface area contributed by atoms with E-state index in [1.165, 1.54) is 12.0 Å². The highest BCUT2D eigenvalue weighted by Gasteiger charge is 2.15. The van der Waals surface area contributed by atoms with Crippen LogP contribution in [0.25, 0.3) is 0 Å². The van der Waals surface area contributed by atoms with E-state index in [-0.39, 0.29) is 0 Å². The molecular weight excluding hydrogens is 178 g/mol. The number of aryl methyl sites for hydroxylation is 1. The van der Waals surface area contributed by atoms with Crippen molar-refractivity contribution in [3.05, 3.63) is 23.9 Å². The van der Waals surface area contributed by atoms with Gasteiger partial charge in [0.15, 0.2) is 0 Å². The van der Waals surface area contributed by atoms with Gasteiger partial charge in [-0.1, -0.05) is 12.2 Å². The number of nitrogens with zero attached hydrogens (tertiary/aromatic N) is 3. The Morgan fingerprint density at radius 2 is 2.36 bits per heavy atom. The van der Waals surface area contributed by atoms with Crippen molar-refractivity contribution in [2.75, 3.05) is 13.1 Å². The lowest BCUT2D eigenvalue weighted by Crippen LogP contribution is -2.30. The third-order valence-corrected chi connectivity index (χ3v) is 2.38. The molecule has 0 aliphatic carbocycles. The molecule has 2 heterocycles. The smallest absolute Gasteiger partial charge is 0.230 e. The molecule has 0 spiro atoms. The van der Waals surface area contributed by atoms with Gasteiger partial charge in [0.1, 0.15) is 0 Å². The molecule has 14 heavy (non-hydrogen) atoms. The first-order valence-electron chi connectivity index (χ1n) is 4.92. The average molecular weight is 193 g/mol. The largest absolute Gasteiger partial charge is 0.424 e. The molecule has 0 radical (unpaired) electrons. The fourth-order valence-electron chi connectivity index (χ4n) is 1.75. The molecule has 0 aromatic carbocycles. The molecule has 0 N–H and O–H groups in total. The maximum Gasteiger partial charge on any atom is 0.230 e. The fraction of sp³-hybridized carbons (Fsp3) is 0.600. The maximum atomic E-state index is 5.33. The zero-order chi connectivity index (χ0) is 9.97. The highest BCUT2D eigenvalue weighted by Crippen LogP contribution is 2.15. The van der Waals surface area contributed by atoms with Crippen LogP contribution in [0.15, 0.2) is 16.6 Å². The topological polar surface area (TPSA) is 42.2 Å². The van der Waals surface area contributed by atoms with Crippen LogP contribution in [-0.4, -0.2) is 28.2 Å². The van der Waals surface area contributed by atoms with Crippen molar-refractivity contribution in [2.24, 2.45) is 0 Å².